The Morgan fingerprint density at radius 1 is 1.26 bits per heavy atom. The van der Waals surface area contributed by atoms with Crippen molar-refractivity contribution in [3.8, 4) is 0 Å². The summed E-state index contributed by atoms with van der Waals surface area (Å²) in [7, 11) is 0. The molecule has 1 aliphatic heterocycles. The molecule has 0 spiro atoms. The van der Waals surface area contributed by atoms with Crippen molar-refractivity contribution in [1.82, 2.24) is 4.98 Å². The van der Waals surface area contributed by atoms with Crippen LogP contribution in [0.1, 0.15) is 12.5 Å². The third-order valence-corrected chi connectivity index (χ3v) is 3.11. The fraction of sp³-hybridized carbons (Fsp3) is 0.235. The maximum atomic E-state index is 4.54. The van der Waals surface area contributed by atoms with Crippen LogP contribution in [0.2, 0.25) is 0 Å². The highest BCUT2D eigenvalue weighted by Crippen LogP contribution is 2.22. The number of hydrogen-bond donors (Lipinski definition) is 0. The van der Waals surface area contributed by atoms with Gasteiger partial charge in [0.2, 0.25) is 0 Å². The number of fused-ring (bicyclic) bond motifs is 1. The summed E-state index contributed by atoms with van der Waals surface area (Å²) in [5.41, 5.74) is 1.29. The van der Waals surface area contributed by atoms with E-state index in [4.69, 9.17) is 0 Å². The van der Waals surface area contributed by atoms with Gasteiger partial charge in [-0.25, -0.2) is 4.98 Å². The van der Waals surface area contributed by atoms with E-state index in [2.05, 4.69) is 59.8 Å². The van der Waals surface area contributed by atoms with E-state index in [9.17, 15) is 0 Å². The van der Waals surface area contributed by atoms with E-state index >= 15 is 0 Å². The first kappa shape index (κ1) is 13.3. The van der Waals surface area contributed by atoms with Gasteiger partial charge in [0.25, 0.3) is 0 Å². The highest BCUT2D eigenvalue weighted by atomic mass is 15.2. The molecule has 3 rings (SSSR count). The number of aromatic nitrogens is 1. The Labute approximate surface area is 115 Å². The monoisotopic (exact) mass is 252 g/mol. The van der Waals surface area contributed by atoms with Crippen LogP contribution in [0.25, 0.3) is 10.8 Å². The van der Waals surface area contributed by atoms with Crippen LogP contribution in [0.15, 0.2) is 55.3 Å². The molecule has 2 aromatic rings. The molecule has 0 amide bonds. The molecule has 0 saturated heterocycles. The quantitative estimate of drug-likeness (QED) is 0.710. The number of benzene rings is 1. The van der Waals surface area contributed by atoms with Crippen molar-refractivity contribution in [3.05, 3.63) is 60.8 Å². The van der Waals surface area contributed by atoms with E-state index < -0.39 is 0 Å². The fourth-order valence-electron chi connectivity index (χ4n) is 2.15. The molecule has 2 heteroatoms. The van der Waals surface area contributed by atoms with E-state index in [-0.39, 0.29) is 0 Å². The van der Waals surface area contributed by atoms with Crippen molar-refractivity contribution < 1.29 is 0 Å². The first-order chi connectivity index (χ1) is 9.26. The van der Waals surface area contributed by atoms with Crippen molar-refractivity contribution in [2.24, 2.45) is 0 Å². The van der Waals surface area contributed by atoms with E-state index in [0.29, 0.717) is 0 Å². The number of anilines is 1. The van der Waals surface area contributed by atoms with Gasteiger partial charge < -0.3 is 4.90 Å². The van der Waals surface area contributed by atoms with Crippen molar-refractivity contribution >= 4 is 16.6 Å². The molecule has 0 unspecified atom stereocenters. The van der Waals surface area contributed by atoms with Gasteiger partial charge in [0.15, 0.2) is 0 Å². The highest BCUT2D eigenvalue weighted by molar-refractivity contribution is 5.86. The first-order valence-electron chi connectivity index (χ1n) is 6.58. The molecule has 19 heavy (non-hydrogen) atoms. The first-order valence-corrected chi connectivity index (χ1v) is 6.58. The summed E-state index contributed by atoms with van der Waals surface area (Å²) in [6.45, 7) is 9.33. The smallest absolute Gasteiger partial charge is 0.129 e. The standard InChI is InChI=1S/C14H14N2.C3H6/c1-11-5-4-6-12-9-14(15-10-13(11)12)16-7-2-3-8-16;1-3-2/h2-6,9-10H,7-8H2,1H3;3H,1H2,2H3. The van der Waals surface area contributed by atoms with E-state index in [1.807, 2.05) is 13.1 Å². The summed E-state index contributed by atoms with van der Waals surface area (Å²) < 4.78 is 0. The van der Waals surface area contributed by atoms with Gasteiger partial charge in [-0.3, -0.25) is 0 Å². The number of allylic oxidation sites excluding steroid dienone is 1. The van der Waals surface area contributed by atoms with Crippen LogP contribution >= 0.6 is 0 Å². The maximum Gasteiger partial charge on any atom is 0.129 e. The van der Waals surface area contributed by atoms with Crippen molar-refractivity contribution in [2.75, 3.05) is 18.0 Å². The predicted molar refractivity (Wildman–Crippen MR) is 83.7 cm³/mol. The Kier molecular flexibility index (Phi) is 4.35. The van der Waals surface area contributed by atoms with Gasteiger partial charge in [-0.15, -0.1) is 6.58 Å². The lowest BCUT2D eigenvalue weighted by atomic mass is 10.1. The molecule has 0 bridgehead atoms. The van der Waals surface area contributed by atoms with Gasteiger partial charge in [-0.05, 0) is 30.9 Å². The molecule has 1 aromatic heterocycles. The number of nitrogens with zero attached hydrogens (tertiary/aromatic N) is 2. The summed E-state index contributed by atoms with van der Waals surface area (Å²) in [4.78, 5) is 6.80. The van der Waals surface area contributed by atoms with Crippen LogP contribution in [0.4, 0.5) is 5.82 Å². The fourth-order valence-corrected chi connectivity index (χ4v) is 2.15. The van der Waals surface area contributed by atoms with E-state index in [0.717, 1.165) is 18.9 Å². The molecule has 98 valence electrons. The minimum atomic E-state index is 0.977. The van der Waals surface area contributed by atoms with Gasteiger partial charge in [-0.1, -0.05) is 36.4 Å². The maximum absolute atomic E-state index is 4.54. The molecule has 0 saturated carbocycles. The molecule has 0 N–H and O–H groups in total. The minimum Gasteiger partial charge on any atom is -0.349 e. The zero-order chi connectivity index (χ0) is 13.7. The second-order valence-corrected chi connectivity index (χ2v) is 4.62. The molecular formula is C17H20N2. The highest BCUT2D eigenvalue weighted by Gasteiger charge is 2.09. The Bertz CT molecular complexity index is 591. The lowest BCUT2D eigenvalue weighted by Gasteiger charge is -2.16. The predicted octanol–water partition coefficient (Wildman–Crippen LogP) is 4.11. The van der Waals surface area contributed by atoms with E-state index in [1.165, 1.54) is 16.3 Å². The number of pyridine rings is 1. The van der Waals surface area contributed by atoms with Crippen LogP contribution < -0.4 is 4.90 Å². The molecule has 0 radical (unpaired) electrons. The summed E-state index contributed by atoms with van der Waals surface area (Å²) in [6, 6.07) is 8.55. The van der Waals surface area contributed by atoms with E-state index in [1.54, 1.807) is 6.08 Å². The molecule has 0 atom stereocenters. The summed E-state index contributed by atoms with van der Waals surface area (Å²) in [5, 5.41) is 2.52. The summed E-state index contributed by atoms with van der Waals surface area (Å²) in [6.07, 6.45) is 8.10. The van der Waals surface area contributed by atoms with Crippen LogP contribution in [0, 0.1) is 6.92 Å². The zero-order valence-electron chi connectivity index (χ0n) is 11.6. The number of hydrogen-bond acceptors (Lipinski definition) is 2. The van der Waals surface area contributed by atoms with Crippen molar-refractivity contribution in [3.63, 3.8) is 0 Å². The summed E-state index contributed by atoms with van der Waals surface area (Å²) >= 11 is 0. The Morgan fingerprint density at radius 3 is 2.63 bits per heavy atom. The van der Waals surface area contributed by atoms with Gasteiger partial charge in [0.05, 0.1) is 0 Å². The van der Waals surface area contributed by atoms with Crippen molar-refractivity contribution in [2.45, 2.75) is 13.8 Å². The lowest BCUT2D eigenvalue weighted by Crippen LogP contribution is -2.19. The van der Waals surface area contributed by atoms with Gasteiger partial charge >= 0.3 is 0 Å². The third-order valence-electron chi connectivity index (χ3n) is 3.11. The summed E-state index contributed by atoms with van der Waals surface area (Å²) in [5.74, 6) is 1.07. The SMILES string of the molecule is C=CC.Cc1cccc2cc(N3CC=CC3)ncc12. The average molecular weight is 252 g/mol. The normalized spacial score (nSPS) is 13.3. The van der Waals surface area contributed by atoms with Crippen LogP contribution in [-0.4, -0.2) is 18.1 Å². The molecule has 1 aliphatic rings. The van der Waals surface area contributed by atoms with Gasteiger partial charge in [0, 0.05) is 24.7 Å². The van der Waals surface area contributed by atoms with Crippen molar-refractivity contribution in [1.29, 1.82) is 0 Å². The Morgan fingerprint density at radius 2 is 1.95 bits per heavy atom. The molecule has 2 heterocycles. The van der Waals surface area contributed by atoms with Crippen LogP contribution in [0.5, 0.6) is 0 Å². The average Bonchev–Trinajstić information content (AvgIpc) is 2.93. The third kappa shape index (κ3) is 3.02. The largest absolute Gasteiger partial charge is 0.349 e. The second-order valence-electron chi connectivity index (χ2n) is 4.62. The zero-order valence-corrected chi connectivity index (χ0v) is 11.6. The number of aryl methyl sites for hydroxylation is 1. The van der Waals surface area contributed by atoms with Gasteiger partial charge in [-0.2, -0.15) is 0 Å². The topological polar surface area (TPSA) is 16.1 Å². The molecule has 2 nitrogen and oxygen atoms in total. The lowest BCUT2D eigenvalue weighted by molar-refractivity contribution is 0.973. The molecule has 0 aliphatic carbocycles. The van der Waals surface area contributed by atoms with Crippen LogP contribution in [-0.2, 0) is 0 Å². The second kappa shape index (κ2) is 6.19. The molecule has 1 aromatic carbocycles. The number of rotatable bonds is 1. The molecular weight excluding hydrogens is 232 g/mol. The van der Waals surface area contributed by atoms with Crippen LogP contribution in [0.3, 0.4) is 0 Å². The Hall–Kier alpha value is -2.09. The minimum absolute atomic E-state index is 0.977. The Balaban J connectivity index is 0.000000408. The van der Waals surface area contributed by atoms with Gasteiger partial charge in [0.1, 0.15) is 5.82 Å². The molecule has 0 fully saturated rings.